The van der Waals surface area contributed by atoms with Gasteiger partial charge in [0.1, 0.15) is 5.75 Å². The van der Waals surface area contributed by atoms with E-state index in [1.54, 1.807) is 6.07 Å². The van der Waals surface area contributed by atoms with E-state index in [-0.39, 0.29) is 17.2 Å². The first-order chi connectivity index (χ1) is 10.1. The van der Waals surface area contributed by atoms with Crippen molar-refractivity contribution in [2.24, 2.45) is 0 Å². The minimum Gasteiger partial charge on any atom is -0.435 e. The normalized spacial score (nSPS) is 10.5. The Hall–Kier alpha value is -2.08. The summed E-state index contributed by atoms with van der Waals surface area (Å²) >= 11 is 1.51. The van der Waals surface area contributed by atoms with Crippen molar-refractivity contribution in [3.8, 4) is 5.75 Å². The van der Waals surface area contributed by atoms with E-state index in [9.17, 15) is 13.6 Å². The van der Waals surface area contributed by atoms with E-state index in [1.807, 2.05) is 24.5 Å². The van der Waals surface area contributed by atoms with Gasteiger partial charge in [-0.3, -0.25) is 4.79 Å². The van der Waals surface area contributed by atoms with E-state index in [0.717, 1.165) is 4.90 Å². The smallest absolute Gasteiger partial charge is 0.387 e. The number of carbonyl (C=O) groups excluding carboxylic acids is 1. The van der Waals surface area contributed by atoms with E-state index >= 15 is 0 Å². The molecule has 0 unspecified atom stereocenters. The van der Waals surface area contributed by atoms with Crippen LogP contribution in [0, 0.1) is 0 Å². The first kappa shape index (κ1) is 15.3. The topological polar surface area (TPSA) is 38.3 Å². The fourth-order valence-corrected chi connectivity index (χ4v) is 2.31. The van der Waals surface area contributed by atoms with Crippen LogP contribution in [0.3, 0.4) is 0 Å². The van der Waals surface area contributed by atoms with Gasteiger partial charge in [0, 0.05) is 10.5 Å². The molecular formula is C15H13F2NO2S. The molecule has 0 saturated carbocycles. The fraction of sp³-hybridized carbons (Fsp3) is 0.133. The van der Waals surface area contributed by atoms with E-state index in [2.05, 4.69) is 10.1 Å². The number of anilines is 1. The molecular weight excluding hydrogens is 296 g/mol. The number of para-hydroxylation sites is 1. The van der Waals surface area contributed by atoms with Gasteiger partial charge >= 0.3 is 6.61 Å². The Balaban J connectivity index is 2.16. The Labute approximate surface area is 125 Å². The van der Waals surface area contributed by atoms with Gasteiger partial charge in [-0.2, -0.15) is 8.78 Å². The molecule has 1 N–H and O–H groups in total. The number of rotatable bonds is 5. The number of nitrogens with one attached hydrogen (secondary N) is 1. The van der Waals surface area contributed by atoms with Crippen LogP contribution in [-0.2, 0) is 0 Å². The van der Waals surface area contributed by atoms with Gasteiger partial charge in [0.2, 0.25) is 0 Å². The molecule has 0 aliphatic carbocycles. The van der Waals surface area contributed by atoms with E-state index in [4.69, 9.17) is 0 Å². The van der Waals surface area contributed by atoms with Crippen LogP contribution >= 0.6 is 11.8 Å². The highest BCUT2D eigenvalue weighted by molar-refractivity contribution is 7.98. The van der Waals surface area contributed by atoms with Crippen LogP contribution in [0.2, 0.25) is 0 Å². The summed E-state index contributed by atoms with van der Waals surface area (Å²) in [4.78, 5) is 13.1. The summed E-state index contributed by atoms with van der Waals surface area (Å²) in [6.07, 6.45) is 1.90. The molecule has 0 aliphatic heterocycles. The summed E-state index contributed by atoms with van der Waals surface area (Å²) in [5.74, 6) is -0.424. The molecule has 0 aliphatic rings. The highest BCUT2D eigenvalue weighted by atomic mass is 32.2. The average Bonchev–Trinajstić information content (AvgIpc) is 2.47. The van der Waals surface area contributed by atoms with Crippen LogP contribution in [-0.4, -0.2) is 18.8 Å². The SMILES string of the molecule is CSc1ccccc1NC(=O)c1cccc(OC(F)F)c1. The zero-order valence-corrected chi connectivity index (χ0v) is 12.0. The van der Waals surface area contributed by atoms with Gasteiger partial charge in [-0.1, -0.05) is 18.2 Å². The number of alkyl halides is 2. The summed E-state index contributed by atoms with van der Waals surface area (Å²) < 4.78 is 28.6. The van der Waals surface area contributed by atoms with Gasteiger partial charge in [-0.15, -0.1) is 11.8 Å². The molecule has 0 bridgehead atoms. The second-order valence-corrected chi connectivity index (χ2v) is 4.91. The zero-order chi connectivity index (χ0) is 15.2. The molecule has 2 rings (SSSR count). The van der Waals surface area contributed by atoms with Crippen molar-refractivity contribution in [2.75, 3.05) is 11.6 Å². The number of amides is 1. The first-order valence-electron chi connectivity index (χ1n) is 6.09. The molecule has 1 amide bonds. The van der Waals surface area contributed by atoms with Crippen molar-refractivity contribution in [3.05, 3.63) is 54.1 Å². The largest absolute Gasteiger partial charge is 0.435 e. The van der Waals surface area contributed by atoms with E-state index in [1.165, 1.54) is 36.0 Å². The quantitative estimate of drug-likeness (QED) is 0.839. The number of benzene rings is 2. The Bertz CT molecular complexity index is 635. The third-order valence-corrected chi connectivity index (χ3v) is 3.47. The van der Waals surface area contributed by atoms with E-state index in [0.29, 0.717) is 5.69 Å². The summed E-state index contributed by atoms with van der Waals surface area (Å²) in [7, 11) is 0. The Kier molecular flexibility index (Phi) is 5.16. The molecule has 6 heteroatoms. The Morgan fingerprint density at radius 3 is 2.67 bits per heavy atom. The van der Waals surface area contributed by atoms with Crippen molar-refractivity contribution in [1.29, 1.82) is 0 Å². The minimum atomic E-state index is -2.92. The standard InChI is InChI=1S/C15H13F2NO2S/c1-21-13-8-3-2-7-12(13)18-14(19)10-5-4-6-11(9-10)20-15(16)17/h2-9,15H,1H3,(H,18,19). The number of carbonyl (C=O) groups is 1. The lowest BCUT2D eigenvalue weighted by Gasteiger charge is -2.10. The lowest BCUT2D eigenvalue weighted by molar-refractivity contribution is -0.0498. The number of hydrogen-bond donors (Lipinski definition) is 1. The third kappa shape index (κ3) is 4.19. The Morgan fingerprint density at radius 2 is 1.95 bits per heavy atom. The molecule has 21 heavy (non-hydrogen) atoms. The molecule has 2 aromatic carbocycles. The molecule has 0 fully saturated rings. The average molecular weight is 309 g/mol. The van der Waals surface area contributed by atoms with Gasteiger partial charge in [0.15, 0.2) is 0 Å². The van der Waals surface area contributed by atoms with Crippen LogP contribution in [0.5, 0.6) is 5.75 Å². The molecule has 0 heterocycles. The second-order valence-electron chi connectivity index (χ2n) is 4.06. The lowest BCUT2D eigenvalue weighted by atomic mass is 10.2. The van der Waals surface area contributed by atoms with Crippen molar-refractivity contribution >= 4 is 23.4 Å². The van der Waals surface area contributed by atoms with E-state index < -0.39 is 6.61 Å². The molecule has 3 nitrogen and oxygen atoms in total. The maximum Gasteiger partial charge on any atom is 0.387 e. The van der Waals surface area contributed by atoms with Gasteiger partial charge in [0.05, 0.1) is 5.69 Å². The minimum absolute atomic E-state index is 0.0456. The number of halogens is 2. The molecule has 0 aromatic heterocycles. The van der Waals surface area contributed by atoms with Gasteiger partial charge in [-0.25, -0.2) is 0 Å². The monoisotopic (exact) mass is 309 g/mol. The van der Waals surface area contributed by atoms with Crippen LogP contribution in [0.4, 0.5) is 14.5 Å². The maximum atomic E-state index is 12.2. The van der Waals surface area contributed by atoms with Crippen molar-refractivity contribution in [2.45, 2.75) is 11.5 Å². The molecule has 0 radical (unpaired) electrons. The second kappa shape index (κ2) is 7.08. The van der Waals surface area contributed by atoms with Crippen molar-refractivity contribution < 1.29 is 18.3 Å². The van der Waals surface area contributed by atoms with Gasteiger partial charge in [0.25, 0.3) is 5.91 Å². The molecule has 0 spiro atoms. The number of hydrogen-bond acceptors (Lipinski definition) is 3. The van der Waals surface area contributed by atoms with Crippen LogP contribution in [0.1, 0.15) is 10.4 Å². The van der Waals surface area contributed by atoms with Gasteiger partial charge < -0.3 is 10.1 Å². The summed E-state index contributed by atoms with van der Waals surface area (Å²) in [5.41, 5.74) is 0.930. The summed E-state index contributed by atoms with van der Waals surface area (Å²) in [6, 6.07) is 13.0. The molecule has 0 atom stereocenters. The van der Waals surface area contributed by atoms with Crippen LogP contribution < -0.4 is 10.1 Å². The Morgan fingerprint density at radius 1 is 1.19 bits per heavy atom. The highest BCUT2D eigenvalue weighted by Gasteiger charge is 2.11. The molecule has 2 aromatic rings. The maximum absolute atomic E-state index is 12.2. The predicted octanol–water partition coefficient (Wildman–Crippen LogP) is 4.26. The fourth-order valence-electron chi connectivity index (χ4n) is 1.76. The summed E-state index contributed by atoms with van der Waals surface area (Å²) in [6.45, 7) is -2.92. The summed E-state index contributed by atoms with van der Waals surface area (Å²) in [5, 5.41) is 2.76. The molecule has 0 saturated heterocycles. The number of thioether (sulfide) groups is 1. The third-order valence-electron chi connectivity index (χ3n) is 2.68. The number of ether oxygens (including phenoxy) is 1. The highest BCUT2D eigenvalue weighted by Crippen LogP contribution is 2.25. The van der Waals surface area contributed by atoms with Crippen molar-refractivity contribution in [3.63, 3.8) is 0 Å². The van der Waals surface area contributed by atoms with Gasteiger partial charge in [-0.05, 0) is 36.6 Å². The zero-order valence-electron chi connectivity index (χ0n) is 11.2. The predicted molar refractivity (Wildman–Crippen MR) is 79.3 cm³/mol. The molecule has 110 valence electrons. The van der Waals surface area contributed by atoms with Crippen molar-refractivity contribution in [1.82, 2.24) is 0 Å². The van der Waals surface area contributed by atoms with Crippen LogP contribution in [0.25, 0.3) is 0 Å². The lowest BCUT2D eigenvalue weighted by Crippen LogP contribution is -2.13. The first-order valence-corrected chi connectivity index (χ1v) is 7.32. The van der Waals surface area contributed by atoms with Crippen LogP contribution in [0.15, 0.2) is 53.4 Å².